The first kappa shape index (κ1) is 16.3. The number of anilines is 2. The van der Waals surface area contributed by atoms with Gasteiger partial charge in [-0.2, -0.15) is 5.10 Å². The third-order valence-corrected chi connectivity index (χ3v) is 3.41. The number of amides is 2. The number of carbonyl (C=O) groups excluding carboxylic acids is 2. The first-order valence-corrected chi connectivity index (χ1v) is 7.56. The Hall–Kier alpha value is -3.61. The highest BCUT2D eigenvalue weighted by molar-refractivity contribution is 6.06. The van der Waals surface area contributed by atoms with Gasteiger partial charge in [-0.15, -0.1) is 0 Å². The van der Waals surface area contributed by atoms with Crippen LogP contribution in [0.1, 0.15) is 17.3 Å². The summed E-state index contributed by atoms with van der Waals surface area (Å²) in [7, 11) is 0. The van der Waals surface area contributed by atoms with E-state index in [1.807, 2.05) is 30.3 Å². The Labute approximate surface area is 143 Å². The summed E-state index contributed by atoms with van der Waals surface area (Å²) in [6, 6.07) is 15.4. The number of hydrogen-bond donors (Lipinski definition) is 3. The number of nitrogens with zero attached hydrogens (tertiary/aromatic N) is 2. The summed E-state index contributed by atoms with van der Waals surface area (Å²) in [6.07, 6.45) is 1.72. The van der Waals surface area contributed by atoms with Gasteiger partial charge in [0.05, 0.1) is 11.3 Å². The van der Waals surface area contributed by atoms with Gasteiger partial charge in [-0.3, -0.25) is 9.59 Å². The molecule has 1 heterocycles. The quantitative estimate of drug-likeness (QED) is 0.638. The lowest BCUT2D eigenvalue weighted by molar-refractivity contribution is -0.114. The molecule has 0 spiro atoms. The lowest BCUT2D eigenvalue weighted by atomic mass is 10.1. The second-order valence-corrected chi connectivity index (χ2v) is 5.35. The van der Waals surface area contributed by atoms with Crippen LogP contribution in [0.15, 0.2) is 60.8 Å². The molecular formula is C18H16N4O3. The summed E-state index contributed by atoms with van der Waals surface area (Å²) in [5, 5.41) is 19.4. The Morgan fingerprint density at radius 2 is 1.80 bits per heavy atom. The molecule has 25 heavy (non-hydrogen) atoms. The number of carbonyl (C=O) groups is 2. The van der Waals surface area contributed by atoms with Gasteiger partial charge in [-0.05, 0) is 30.3 Å². The summed E-state index contributed by atoms with van der Waals surface area (Å²) in [4.78, 5) is 23.5. The van der Waals surface area contributed by atoms with E-state index in [0.29, 0.717) is 11.5 Å². The van der Waals surface area contributed by atoms with Crippen molar-refractivity contribution in [3.63, 3.8) is 0 Å². The van der Waals surface area contributed by atoms with E-state index in [9.17, 15) is 14.7 Å². The average Bonchev–Trinajstić information content (AvgIpc) is 3.05. The van der Waals surface area contributed by atoms with E-state index in [2.05, 4.69) is 15.7 Å². The van der Waals surface area contributed by atoms with Crippen molar-refractivity contribution in [1.82, 2.24) is 9.78 Å². The van der Waals surface area contributed by atoms with E-state index in [0.717, 1.165) is 5.69 Å². The molecular weight excluding hydrogens is 320 g/mol. The van der Waals surface area contributed by atoms with Gasteiger partial charge in [0.2, 0.25) is 5.91 Å². The highest BCUT2D eigenvalue weighted by Gasteiger charge is 2.14. The smallest absolute Gasteiger partial charge is 0.260 e. The summed E-state index contributed by atoms with van der Waals surface area (Å²) in [6.45, 7) is 1.36. The normalized spacial score (nSPS) is 10.3. The second kappa shape index (κ2) is 6.88. The van der Waals surface area contributed by atoms with Crippen LogP contribution in [-0.4, -0.2) is 26.7 Å². The summed E-state index contributed by atoms with van der Waals surface area (Å²) in [5.74, 6) is -0.631. The predicted octanol–water partition coefficient (Wildman–Crippen LogP) is 2.79. The van der Waals surface area contributed by atoms with Crippen molar-refractivity contribution < 1.29 is 14.7 Å². The number of benzene rings is 2. The van der Waals surface area contributed by atoms with Crippen LogP contribution in [0.2, 0.25) is 0 Å². The summed E-state index contributed by atoms with van der Waals surface area (Å²) < 4.78 is 1.63. The molecule has 0 fully saturated rings. The number of phenols is 1. The highest BCUT2D eigenvalue weighted by atomic mass is 16.3. The number of phenolic OH excluding ortho intramolecular Hbond substituents is 1. The molecule has 0 radical (unpaired) electrons. The van der Waals surface area contributed by atoms with E-state index in [1.54, 1.807) is 16.9 Å². The Morgan fingerprint density at radius 3 is 2.52 bits per heavy atom. The van der Waals surface area contributed by atoms with Crippen LogP contribution in [0, 0.1) is 0 Å². The molecule has 2 aromatic carbocycles. The maximum atomic E-state index is 12.4. The van der Waals surface area contributed by atoms with E-state index >= 15 is 0 Å². The average molecular weight is 336 g/mol. The molecule has 3 rings (SSSR count). The van der Waals surface area contributed by atoms with Crippen LogP contribution in [-0.2, 0) is 4.79 Å². The molecule has 0 bridgehead atoms. The van der Waals surface area contributed by atoms with Crippen molar-refractivity contribution in [1.29, 1.82) is 0 Å². The number of hydrogen-bond acceptors (Lipinski definition) is 4. The van der Waals surface area contributed by atoms with Crippen molar-refractivity contribution in [2.45, 2.75) is 6.92 Å². The Kier molecular flexibility index (Phi) is 4.47. The topological polar surface area (TPSA) is 96.3 Å². The third-order valence-electron chi connectivity index (χ3n) is 3.41. The third kappa shape index (κ3) is 3.84. The lowest BCUT2D eigenvalue weighted by Crippen LogP contribution is -2.14. The highest BCUT2D eigenvalue weighted by Crippen LogP contribution is 2.22. The summed E-state index contributed by atoms with van der Waals surface area (Å²) >= 11 is 0. The van der Waals surface area contributed by atoms with Crippen LogP contribution in [0.4, 0.5) is 11.5 Å². The van der Waals surface area contributed by atoms with Crippen LogP contribution in [0.3, 0.4) is 0 Å². The Morgan fingerprint density at radius 1 is 1.04 bits per heavy atom. The largest absolute Gasteiger partial charge is 0.507 e. The molecule has 7 heteroatoms. The van der Waals surface area contributed by atoms with Gasteiger partial charge in [-0.1, -0.05) is 18.2 Å². The number of aromatic nitrogens is 2. The number of rotatable bonds is 4. The van der Waals surface area contributed by atoms with Gasteiger partial charge in [0.1, 0.15) is 5.75 Å². The molecule has 3 aromatic rings. The van der Waals surface area contributed by atoms with E-state index < -0.39 is 5.91 Å². The predicted molar refractivity (Wildman–Crippen MR) is 93.9 cm³/mol. The first-order valence-electron chi connectivity index (χ1n) is 7.56. The second-order valence-electron chi connectivity index (χ2n) is 5.35. The van der Waals surface area contributed by atoms with Crippen LogP contribution >= 0.6 is 0 Å². The van der Waals surface area contributed by atoms with E-state index in [4.69, 9.17) is 0 Å². The standard InChI is InChI=1S/C18H16N4O3/c1-12(23)19-13-7-8-16(24)15(11-13)18(25)20-17-9-10-22(21-17)14-5-3-2-4-6-14/h2-11,24H,1H3,(H,19,23)(H,20,21,25). The lowest BCUT2D eigenvalue weighted by Gasteiger charge is -2.08. The maximum Gasteiger partial charge on any atom is 0.260 e. The Balaban J connectivity index is 1.79. The van der Waals surface area contributed by atoms with Crippen molar-refractivity contribution in [2.24, 2.45) is 0 Å². The van der Waals surface area contributed by atoms with Gasteiger partial charge in [0, 0.05) is 24.9 Å². The van der Waals surface area contributed by atoms with E-state index in [1.165, 1.54) is 25.1 Å². The van der Waals surface area contributed by atoms with Crippen molar-refractivity contribution in [3.8, 4) is 11.4 Å². The maximum absolute atomic E-state index is 12.4. The van der Waals surface area contributed by atoms with Gasteiger partial charge < -0.3 is 15.7 Å². The monoisotopic (exact) mass is 336 g/mol. The minimum atomic E-state index is -0.525. The van der Waals surface area contributed by atoms with Crippen LogP contribution < -0.4 is 10.6 Å². The van der Waals surface area contributed by atoms with E-state index in [-0.39, 0.29) is 17.2 Å². The first-order chi connectivity index (χ1) is 12.0. The Bertz CT molecular complexity index is 919. The molecule has 0 saturated heterocycles. The molecule has 2 amide bonds. The fraction of sp³-hybridized carbons (Fsp3) is 0.0556. The molecule has 0 aliphatic carbocycles. The number of aromatic hydroxyl groups is 1. The fourth-order valence-corrected chi connectivity index (χ4v) is 2.30. The molecule has 1 aromatic heterocycles. The molecule has 0 atom stereocenters. The zero-order valence-electron chi connectivity index (χ0n) is 13.4. The number of nitrogens with one attached hydrogen (secondary N) is 2. The van der Waals surface area contributed by atoms with Gasteiger partial charge in [-0.25, -0.2) is 4.68 Å². The molecule has 0 saturated carbocycles. The number of para-hydroxylation sites is 1. The van der Waals surface area contributed by atoms with Crippen molar-refractivity contribution in [3.05, 3.63) is 66.4 Å². The zero-order valence-corrected chi connectivity index (χ0v) is 13.4. The molecule has 3 N–H and O–H groups in total. The molecule has 126 valence electrons. The van der Waals surface area contributed by atoms with Crippen LogP contribution in [0.5, 0.6) is 5.75 Å². The molecule has 0 unspecified atom stereocenters. The minimum absolute atomic E-state index is 0.0421. The molecule has 7 nitrogen and oxygen atoms in total. The van der Waals surface area contributed by atoms with Crippen molar-refractivity contribution >= 4 is 23.3 Å². The molecule has 0 aliphatic heterocycles. The molecule has 0 aliphatic rings. The van der Waals surface area contributed by atoms with Crippen LogP contribution in [0.25, 0.3) is 5.69 Å². The summed E-state index contributed by atoms with van der Waals surface area (Å²) in [5.41, 5.74) is 1.32. The zero-order chi connectivity index (χ0) is 17.8. The van der Waals surface area contributed by atoms with Gasteiger partial charge >= 0.3 is 0 Å². The van der Waals surface area contributed by atoms with Crippen molar-refractivity contribution in [2.75, 3.05) is 10.6 Å². The minimum Gasteiger partial charge on any atom is -0.507 e. The van der Waals surface area contributed by atoms with Gasteiger partial charge in [0.25, 0.3) is 5.91 Å². The van der Waals surface area contributed by atoms with Gasteiger partial charge in [0.15, 0.2) is 5.82 Å². The fourth-order valence-electron chi connectivity index (χ4n) is 2.30. The SMILES string of the molecule is CC(=O)Nc1ccc(O)c(C(=O)Nc2ccn(-c3ccccc3)n2)c1.